The van der Waals surface area contributed by atoms with Gasteiger partial charge < -0.3 is 5.11 Å². The maximum atomic E-state index is 12.1. The first kappa shape index (κ1) is 15.4. The van der Waals surface area contributed by atoms with Gasteiger partial charge in [0.15, 0.2) is 0 Å². The number of hydrogen-bond acceptors (Lipinski definition) is 6. The fourth-order valence-electron chi connectivity index (χ4n) is 1.41. The van der Waals surface area contributed by atoms with Crippen LogP contribution in [0, 0.1) is 0 Å². The molecular formula is C11H8ClN3O4S2. The topological polar surface area (TPSA) is 109 Å². The first-order valence-corrected chi connectivity index (χ1v) is 8.03. The summed E-state index contributed by atoms with van der Waals surface area (Å²) in [6.07, 6.45) is 3.52. The molecule has 10 heteroatoms. The highest BCUT2D eigenvalue weighted by molar-refractivity contribution is 7.93. The van der Waals surface area contributed by atoms with E-state index in [1.54, 1.807) is 0 Å². The van der Waals surface area contributed by atoms with E-state index >= 15 is 0 Å². The molecule has 0 fully saturated rings. The predicted octanol–water partition coefficient (Wildman–Crippen LogP) is 2.09. The summed E-state index contributed by atoms with van der Waals surface area (Å²) in [6.45, 7) is 0. The van der Waals surface area contributed by atoms with Crippen molar-refractivity contribution >= 4 is 50.2 Å². The molecular weight excluding hydrogens is 338 g/mol. The maximum absolute atomic E-state index is 12.1. The van der Waals surface area contributed by atoms with Crippen LogP contribution in [0.25, 0.3) is 6.08 Å². The monoisotopic (exact) mass is 345 g/mol. The number of aromatic nitrogens is 2. The molecule has 110 valence electrons. The first-order valence-electron chi connectivity index (χ1n) is 5.39. The molecule has 1 heterocycles. The van der Waals surface area contributed by atoms with Crippen molar-refractivity contribution in [1.82, 2.24) is 9.59 Å². The average molecular weight is 346 g/mol. The second-order valence-corrected chi connectivity index (χ2v) is 6.59. The van der Waals surface area contributed by atoms with Gasteiger partial charge in [0, 0.05) is 17.6 Å². The zero-order chi connectivity index (χ0) is 15.5. The van der Waals surface area contributed by atoms with Crippen LogP contribution in [0.4, 0.5) is 5.00 Å². The second kappa shape index (κ2) is 6.20. The molecule has 2 aromatic rings. The van der Waals surface area contributed by atoms with Gasteiger partial charge >= 0.3 is 5.97 Å². The minimum absolute atomic E-state index is 0.0208. The van der Waals surface area contributed by atoms with E-state index in [4.69, 9.17) is 16.7 Å². The number of carboxylic acid groups (broad SMARTS) is 1. The Morgan fingerprint density at radius 2 is 2.19 bits per heavy atom. The van der Waals surface area contributed by atoms with Crippen LogP contribution in [-0.4, -0.2) is 29.1 Å². The number of nitrogens with one attached hydrogen (secondary N) is 1. The van der Waals surface area contributed by atoms with Crippen LogP contribution in [0.5, 0.6) is 0 Å². The Kier molecular flexibility index (Phi) is 4.56. The third-order valence-electron chi connectivity index (χ3n) is 2.26. The van der Waals surface area contributed by atoms with Gasteiger partial charge in [0.1, 0.15) is 9.90 Å². The van der Waals surface area contributed by atoms with Gasteiger partial charge in [0.25, 0.3) is 10.0 Å². The van der Waals surface area contributed by atoms with Crippen LogP contribution >= 0.6 is 23.1 Å². The first-order chi connectivity index (χ1) is 9.88. The van der Waals surface area contributed by atoms with Crippen molar-refractivity contribution in [2.24, 2.45) is 0 Å². The number of carboxylic acids is 1. The highest BCUT2D eigenvalue weighted by Gasteiger charge is 2.19. The SMILES string of the molecule is O=C(O)/C=C/c1ccc(S(=O)(=O)Nc2cnns2)c(Cl)c1. The largest absolute Gasteiger partial charge is 0.478 e. The number of sulfonamides is 1. The van der Waals surface area contributed by atoms with Gasteiger partial charge in [0.05, 0.1) is 11.2 Å². The van der Waals surface area contributed by atoms with E-state index in [1.807, 2.05) is 0 Å². The molecule has 2 N–H and O–H groups in total. The summed E-state index contributed by atoms with van der Waals surface area (Å²) in [7, 11) is -3.85. The highest BCUT2D eigenvalue weighted by atomic mass is 35.5. The molecule has 2 rings (SSSR count). The number of anilines is 1. The zero-order valence-electron chi connectivity index (χ0n) is 10.2. The summed E-state index contributed by atoms with van der Waals surface area (Å²) in [5.74, 6) is -1.11. The van der Waals surface area contributed by atoms with Crippen LogP contribution in [0.2, 0.25) is 5.02 Å². The molecule has 0 saturated carbocycles. The highest BCUT2D eigenvalue weighted by Crippen LogP contribution is 2.26. The number of benzene rings is 1. The number of nitrogens with zero attached hydrogens (tertiary/aromatic N) is 2. The van der Waals surface area contributed by atoms with Gasteiger partial charge in [-0.3, -0.25) is 4.72 Å². The van der Waals surface area contributed by atoms with Crippen molar-refractivity contribution in [3.8, 4) is 0 Å². The molecule has 0 saturated heterocycles. The Hall–Kier alpha value is -1.97. The summed E-state index contributed by atoms with van der Waals surface area (Å²) < 4.78 is 30.1. The summed E-state index contributed by atoms with van der Waals surface area (Å²) in [4.78, 5) is 10.3. The second-order valence-electron chi connectivity index (χ2n) is 3.75. The molecule has 0 atom stereocenters. The van der Waals surface area contributed by atoms with Crippen LogP contribution < -0.4 is 4.72 Å². The van der Waals surface area contributed by atoms with Crippen LogP contribution in [0.15, 0.2) is 35.4 Å². The molecule has 0 spiro atoms. The van der Waals surface area contributed by atoms with Crippen molar-refractivity contribution in [1.29, 1.82) is 0 Å². The normalized spacial score (nSPS) is 11.7. The Morgan fingerprint density at radius 3 is 2.76 bits per heavy atom. The Bertz CT molecular complexity index is 788. The molecule has 0 bridgehead atoms. The third-order valence-corrected chi connectivity index (χ3v) is 4.82. The fraction of sp³-hybridized carbons (Fsp3) is 0. The average Bonchev–Trinajstić information content (AvgIpc) is 2.88. The molecule has 1 aromatic heterocycles. The van der Waals surface area contributed by atoms with E-state index in [9.17, 15) is 13.2 Å². The van der Waals surface area contributed by atoms with Crippen LogP contribution in [0.3, 0.4) is 0 Å². The maximum Gasteiger partial charge on any atom is 0.328 e. The predicted molar refractivity (Wildman–Crippen MR) is 78.8 cm³/mol. The van der Waals surface area contributed by atoms with Crippen molar-refractivity contribution in [3.05, 3.63) is 41.1 Å². The standard InChI is InChI=1S/C11H8ClN3O4S2/c12-8-5-7(2-4-11(16)17)1-3-9(8)21(18,19)14-10-6-13-15-20-10/h1-6,14H,(H,16,17)/b4-2+. The van der Waals surface area contributed by atoms with E-state index < -0.39 is 16.0 Å². The Balaban J connectivity index is 2.30. The van der Waals surface area contributed by atoms with Crippen molar-refractivity contribution in [3.63, 3.8) is 0 Å². The van der Waals surface area contributed by atoms with E-state index in [-0.39, 0.29) is 14.9 Å². The van der Waals surface area contributed by atoms with Crippen LogP contribution in [-0.2, 0) is 14.8 Å². The van der Waals surface area contributed by atoms with E-state index in [2.05, 4.69) is 14.3 Å². The minimum Gasteiger partial charge on any atom is -0.478 e. The van der Waals surface area contributed by atoms with Crippen molar-refractivity contribution in [2.45, 2.75) is 4.90 Å². The van der Waals surface area contributed by atoms with Crippen LogP contribution in [0.1, 0.15) is 5.56 Å². The molecule has 0 unspecified atom stereocenters. The number of rotatable bonds is 5. The minimum atomic E-state index is -3.85. The van der Waals surface area contributed by atoms with Crippen molar-refractivity contribution < 1.29 is 18.3 Å². The summed E-state index contributed by atoms with van der Waals surface area (Å²) in [5, 5.41) is 12.3. The smallest absolute Gasteiger partial charge is 0.328 e. The van der Waals surface area contributed by atoms with Gasteiger partial charge in [-0.2, -0.15) is 0 Å². The molecule has 7 nitrogen and oxygen atoms in total. The van der Waals surface area contributed by atoms with Gasteiger partial charge in [-0.25, -0.2) is 13.2 Å². The Labute approximate surface area is 129 Å². The molecule has 0 radical (unpaired) electrons. The van der Waals surface area contributed by atoms with E-state index in [0.29, 0.717) is 5.56 Å². The lowest BCUT2D eigenvalue weighted by molar-refractivity contribution is -0.131. The molecule has 0 aliphatic carbocycles. The van der Waals surface area contributed by atoms with E-state index in [1.165, 1.54) is 30.5 Å². The number of halogens is 1. The van der Waals surface area contributed by atoms with Gasteiger partial charge in [-0.1, -0.05) is 22.2 Å². The number of hydrogen-bond donors (Lipinski definition) is 2. The van der Waals surface area contributed by atoms with Crippen molar-refractivity contribution in [2.75, 3.05) is 4.72 Å². The molecule has 0 aliphatic heterocycles. The summed E-state index contributed by atoms with van der Waals surface area (Å²) in [6, 6.07) is 4.10. The Morgan fingerprint density at radius 1 is 1.43 bits per heavy atom. The lowest BCUT2D eigenvalue weighted by Gasteiger charge is -2.07. The number of carbonyl (C=O) groups is 1. The van der Waals surface area contributed by atoms with Gasteiger partial charge in [0.2, 0.25) is 0 Å². The fourth-order valence-corrected chi connectivity index (χ4v) is 3.64. The lowest BCUT2D eigenvalue weighted by atomic mass is 10.2. The summed E-state index contributed by atoms with van der Waals surface area (Å²) in [5.41, 5.74) is 0.473. The molecule has 21 heavy (non-hydrogen) atoms. The van der Waals surface area contributed by atoms with Gasteiger partial charge in [-0.15, -0.1) is 5.10 Å². The quantitative estimate of drug-likeness (QED) is 0.803. The lowest BCUT2D eigenvalue weighted by Crippen LogP contribution is -2.12. The number of aliphatic carboxylic acids is 1. The zero-order valence-corrected chi connectivity index (χ0v) is 12.6. The van der Waals surface area contributed by atoms with Gasteiger partial charge in [-0.05, 0) is 23.8 Å². The molecule has 0 amide bonds. The molecule has 0 aliphatic rings. The molecule has 1 aromatic carbocycles. The third kappa shape index (κ3) is 4.00. The summed E-state index contributed by atoms with van der Waals surface area (Å²) >= 11 is 6.83. The van der Waals surface area contributed by atoms with E-state index in [0.717, 1.165) is 17.6 Å².